The summed E-state index contributed by atoms with van der Waals surface area (Å²) in [7, 11) is 0. The largest absolute Gasteiger partial charge is 0.338 e. The Bertz CT molecular complexity index is 889. The summed E-state index contributed by atoms with van der Waals surface area (Å²) in [6.07, 6.45) is 1.25. The third-order valence-electron chi connectivity index (χ3n) is 4.59. The summed E-state index contributed by atoms with van der Waals surface area (Å²) < 4.78 is 13.0. The maximum atomic E-state index is 13.0. The predicted octanol–water partition coefficient (Wildman–Crippen LogP) is 2.79. The Kier molecular flexibility index (Phi) is 6.26. The fourth-order valence-electron chi connectivity index (χ4n) is 3.08. The number of likely N-dealkylation sites (tertiary alicyclic amines) is 1. The number of carbonyl (C=O) groups excluding carboxylic acids is 3. The molecule has 3 rings (SSSR count). The number of rotatable bonds is 3. The number of hydrazine groups is 1. The molecular weight excluding hydrogens is 385 g/mol. The van der Waals surface area contributed by atoms with E-state index in [1.54, 1.807) is 29.2 Å². The summed E-state index contributed by atoms with van der Waals surface area (Å²) in [5.74, 6) is -2.02. The van der Waals surface area contributed by atoms with Gasteiger partial charge in [-0.05, 0) is 49.2 Å². The van der Waals surface area contributed by atoms with Gasteiger partial charge in [-0.2, -0.15) is 0 Å². The van der Waals surface area contributed by atoms with E-state index < -0.39 is 17.6 Å². The van der Waals surface area contributed by atoms with Crippen LogP contribution in [0.25, 0.3) is 0 Å². The molecule has 2 aromatic carbocycles. The van der Waals surface area contributed by atoms with Crippen LogP contribution in [0.2, 0.25) is 5.02 Å². The number of hydrogen-bond donors (Lipinski definition) is 2. The molecule has 3 amide bonds. The first-order valence-electron chi connectivity index (χ1n) is 8.85. The van der Waals surface area contributed by atoms with Gasteiger partial charge < -0.3 is 4.90 Å². The van der Waals surface area contributed by atoms with E-state index in [0.29, 0.717) is 24.9 Å². The number of amides is 3. The molecule has 146 valence electrons. The lowest BCUT2D eigenvalue weighted by atomic mass is 9.96. The smallest absolute Gasteiger partial charge is 0.271 e. The Labute approximate surface area is 166 Å². The van der Waals surface area contributed by atoms with Crippen LogP contribution in [0.4, 0.5) is 4.39 Å². The topological polar surface area (TPSA) is 78.5 Å². The Morgan fingerprint density at radius 1 is 1.04 bits per heavy atom. The van der Waals surface area contributed by atoms with Crippen molar-refractivity contribution in [2.24, 2.45) is 5.92 Å². The third-order valence-corrected chi connectivity index (χ3v) is 4.92. The Balaban J connectivity index is 1.57. The molecule has 0 spiro atoms. The standard InChI is InChI=1S/C20H19ClFN3O3/c21-17-6-2-1-5-16(17)19(27)24-23-18(26)14-4-3-11-25(12-14)20(28)13-7-9-15(22)10-8-13/h1-2,5-10,14H,3-4,11-12H2,(H,23,26)(H,24,27). The second-order valence-corrected chi connectivity index (χ2v) is 6.93. The molecule has 1 unspecified atom stereocenters. The van der Waals surface area contributed by atoms with Crippen molar-refractivity contribution >= 4 is 29.3 Å². The SMILES string of the molecule is O=C(NNC(=O)C1CCCN(C(=O)c2ccc(F)cc2)C1)c1ccccc1Cl. The van der Waals surface area contributed by atoms with Crippen LogP contribution >= 0.6 is 11.6 Å². The van der Waals surface area contributed by atoms with Crippen molar-refractivity contribution in [3.05, 3.63) is 70.5 Å². The molecule has 0 aliphatic carbocycles. The molecule has 1 fully saturated rings. The fraction of sp³-hybridized carbons (Fsp3) is 0.250. The van der Waals surface area contributed by atoms with Crippen LogP contribution in [0.15, 0.2) is 48.5 Å². The van der Waals surface area contributed by atoms with E-state index in [1.807, 2.05) is 0 Å². The maximum Gasteiger partial charge on any atom is 0.271 e. The van der Waals surface area contributed by atoms with Gasteiger partial charge in [-0.3, -0.25) is 25.2 Å². The van der Waals surface area contributed by atoms with E-state index in [4.69, 9.17) is 11.6 Å². The minimum atomic E-state index is -0.519. The van der Waals surface area contributed by atoms with Crippen LogP contribution in [0, 0.1) is 11.7 Å². The number of halogens is 2. The molecule has 1 atom stereocenters. The fourth-order valence-corrected chi connectivity index (χ4v) is 3.31. The van der Waals surface area contributed by atoms with Gasteiger partial charge in [0.2, 0.25) is 5.91 Å². The van der Waals surface area contributed by atoms with Crippen LogP contribution in [0.1, 0.15) is 33.6 Å². The minimum absolute atomic E-state index is 0.226. The molecule has 2 N–H and O–H groups in total. The van der Waals surface area contributed by atoms with Crippen molar-refractivity contribution in [1.82, 2.24) is 15.8 Å². The molecule has 1 aliphatic heterocycles. The molecular formula is C20H19ClFN3O3. The third kappa shape index (κ3) is 4.67. The molecule has 6 nitrogen and oxygen atoms in total. The normalized spacial score (nSPS) is 16.4. The van der Waals surface area contributed by atoms with E-state index in [2.05, 4.69) is 10.9 Å². The number of nitrogens with one attached hydrogen (secondary N) is 2. The lowest BCUT2D eigenvalue weighted by Crippen LogP contribution is -2.50. The van der Waals surface area contributed by atoms with Gasteiger partial charge in [0, 0.05) is 18.7 Å². The van der Waals surface area contributed by atoms with Crippen molar-refractivity contribution in [1.29, 1.82) is 0 Å². The first-order valence-corrected chi connectivity index (χ1v) is 9.23. The van der Waals surface area contributed by atoms with Gasteiger partial charge >= 0.3 is 0 Å². The number of nitrogens with zero attached hydrogens (tertiary/aromatic N) is 1. The summed E-state index contributed by atoms with van der Waals surface area (Å²) in [6.45, 7) is 0.746. The number of hydrogen-bond acceptors (Lipinski definition) is 3. The monoisotopic (exact) mass is 403 g/mol. The van der Waals surface area contributed by atoms with Gasteiger partial charge in [0.25, 0.3) is 11.8 Å². The zero-order valence-corrected chi connectivity index (χ0v) is 15.7. The van der Waals surface area contributed by atoms with Gasteiger partial charge in [-0.1, -0.05) is 23.7 Å². The van der Waals surface area contributed by atoms with Crippen molar-refractivity contribution in [2.75, 3.05) is 13.1 Å². The van der Waals surface area contributed by atoms with E-state index in [0.717, 1.165) is 0 Å². The lowest BCUT2D eigenvalue weighted by Gasteiger charge is -2.32. The summed E-state index contributed by atoms with van der Waals surface area (Å²) in [5, 5.41) is 0.281. The number of piperidine rings is 1. The molecule has 8 heteroatoms. The molecule has 1 aliphatic rings. The first-order chi connectivity index (χ1) is 13.5. The van der Waals surface area contributed by atoms with Gasteiger partial charge in [0.1, 0.15) is 5.82 Å². The van der Waals surface area contributed by atoms with Crippen LogP contribution in [0.5, 0.6) is 0 Å². The molecule has 0 aromatic heterocycles. The highest BCUT2D eigenvalue weighted by molar-refractivity contribution is 6.33. The molecule has 2 aromatic rings. The van der Waals surface area contributed by atoms with Gasteiger partial charge in [0.05, 0.1) is 16.5 Å². The molecule has 28 heavy (non-hydrogen) atoms. The van der Waals surface area contributed by atoms with Crippen molar-refractivity contribution in [3.63, 3.8) is 0 Å². The van der Waals surface area contributed by atoms with Crippen molar-refractivity contribution in [3.8, 4) is 0 Å². The second-order valence-electron chi connectivity index (χ2n) is 6.52. The number of carbonyl (C=O) groups is 3. The van der Waals surface area contributed by atoms with Crippen LogP contribution in [-0.4, -0.2) is 35.7 Å². The second kappa shape index (κ2) is 8.84. The first kappa shape index (κ1) is 19.8. The summed E-state index contributed by atoms with van der Waals surface area (Å²) in [4.78, 5) is 38.7. The highest BCUT2D eigenvalue weighted by atomic mass is 35.5. The zero-order chi connectivity index (χ0) is 20.1. The van der Waals surface area contributed by atoms with Gasteiger partial charge in [-0.25, -0.2) is 4.39 Å². The van der Waals surface area contributed by atoms with Crippen LogP contribution in [-0.2, 0) is 4.79 Å². The molecule has 1 saturated heterocycles. The summed E-state index contributed by atoms with van der Waals surface area (Å²) in [6, 6.07) is 11.8. The molecule has 0 bridgehead atoms. The van der Waals surface area contributed by atoms with Gasteiger partial charge in [-0.15, -0.1) is 0 Å². The van der Waals surface area contributed by atoms with Crippen LogP contribution in [0.3, 0.4) is 0 Å². The molecule has 0 radical (unpaired) electrons. The molecule has 1 heterocycles. The van der Waals surface area contributed by atoms with Crippen molar-refractivity contribution < 1.29 is 18.8 Å². The van der Waals surface area contributed by atoms with Crippen molar-refractivity contribution in [2.45, 2.75) is 12.8 Å². The average molecular weight is 404 g/mol. The minimum Gasteiger partial charge on any atom is -0.338 e. The van der Waals surface area contributed by atoms with E-state index in [-0.39, 0.29) is 28.9 Å². The Hall–Kier alpha value is -2.93. The van der Waals surface area contributed by atoms with E-state index >= 15 is 0 Å². The van der Waals surface area contributed by atoms with E-state index in [9.17, 15) is 18.8 Å². The van der Waals surface area contributed by atoms with Gasteiger partial charge in [0.15, 0.2) is 0 Å². The Morgan fingerprint density at radius 3 is 2.46 bits per heavy atom. The average Bonchev–Trinajstić information content (AvgIpc) is 2.72. The molecule has 0 saturated carbocycles. The zero-order valence-electron chi connectivity index (χ0n) is 15.0. The summed E-state index contributed by atoms with van der Waals surface area (Å²) in [5.41, 5.74) is 5.37. The van der Waals surface area contributed by atoms with Crippen LogP contribution < -0.4 is 10.9 Å². The highest BCUT2D eigenvalue weighted by Crippen LogP contribution is 2.19. The maximum absolute atomic E-state index is 13.0. The predicted molar refractivity (Wildman–Crippen MR) is 102 cm³/mol. The highest BCUT2D eigenvalue weighted by Gasteiger charge is 2.29. The summed E-state index contributed by atoms with van der Waals surface area (Å²) >= 11 is 5.96. The number of benzene rings is 2. The quantitative estimate of drug-likeness (QED) is 0.773. The van der Waals surface area contributed by atoms with E-state index in [1.165, 1.54) is 24.3 Å². The lowest BCUT2D eigenvalue weighted by molar-refractivity contribution is -0.127. The Morgan fingerprint density at radius 2 is 1.75 bits per heavy atom.